The lowest BCUT2D eigenvalue weighted by Crippen LogP contribution is -2.28. The standard InChI is InChI=1S/C24H15ClF3N5O2S/c1-12(16-4-2-3-9-29-16)31-22(34)17-10-30-21-19(32-17)15-11-36-20(25)18(15)23(35)33(21)14-7-5-13(6-8-14)24(26,27)28/h2-12H,1H3,(H,31,34)/t12-/m0/s1. The number of alkyl halides is 3. The van der Waals surface area contributed by atoms with Gasteiger partial charge >= 0.3 is 6.18 Å². The molecule has 1 atom stereocenters. The average Bonchev–Trinajstić information content (AvgIpc) is 3.26. The maximum atomic E-state index is 13.3. The van der Waals surface area contributed by atoms with Crippen LogP contribution in [0.4, 0.5) is 13.2 Å². The highest BCUT2D eigenvalue weighted by Gasteiger charge is 2.30. The van der Waals surface area contributed by atoms with Gasteiger partial charge in [-0.1, -0.05) is 17.7 Å². The molecule has 1 amide bonds. The second kappa shape index (κ2) is 8.99. The molecule has 1 N–H and O–H groups in total. The minimum Gasteiger partial charge on any atom is -0.343 e. The molecule has 1 aromatic carbocycles. The predicted octanol–water partition coefficient (Wildman–Crippen LogP) is 5.55. The molecule has 0 saturated carbocycles. The molecule has 7 nitrogen and oxygen atoms in total. The van der Waals surface area contributed by atoms with Crippen LogP contribution in [0.5, 0.6) is 0 Å². The van der Waals surface area contributed by atoms with Crippen LogP contribution in [0.25, 0.3) is 27.6 Å². The van der Waals surface area contributed by atoms with Gasteiger partial charge in [0.25, 0.3) is 11.5 Å². The number of thiophene rings is 1. The van der Waals surface area contributed by atoms with E-state index in [1.807, 2.05) is 0 Å². The van der Waals surface area contributed by atoms with Crippen molar-refractivity contribution in [2.75, 3.05) is 0 Å². The summed E-state index contributed by atoms with van der Waals surface area (Å²) in [5, 5.41) is 4.97. The molecular formula is C24H15ClF3N5O2S. The summed E-state index contributed by atoms with van der Waals surface area (Å²) in [4.78, 5) is 39.3. The highest BCUT2D eigenvalue weighted by Crippen LogP contribution is 2.33. The highest BCUT2D eigenvalue weighted by atomic mass is 35.5. The second-order valence-electron chi connectivity index (χ2n) is 7.86. The fraction of sp³-hybridized carbons (Fsp3) is 0.125. The van der Waals surface area contributed by atoms with Crippen LogP contribution in [0.2, 0.25) is 4.34 Å². The summed E-state index contributed by atoms with van der Waals surface area (Å²) in [6.45, 7) is 1.77. The molecule has 0 bridgehead atoms. The van der Waals surface area contributed by atoms with Gasteiger partial charge in [0.05, 0.1) is 34.6 Å². The number of fused-ring (bicyclic) bond motifs is 3. The van der Waals surface area contributed by atoms with Crippen LogP contribution in [0.1, 0.15) is 34.7 Å². The van der Waals surface area contributed by atoms with Gasteiger partial charge in [0, 0.05) is 17.0 Å². The number of benzene rings is 1. The fourth-order valence-corrected chi connectivity index (χ4v) is 4.85. The number of rotatable bonds is 4. The Balaban J connectivity index is 1.64. The molecular weight excluding hydrogens is 515 g/mol. The molecule has 0 aliphatic carbocycles. The van der Waals surface area contributed by atoms with Crippen molar-refractivity contribution in [2.45, 2.75) is 19.1 Å². The molecule has 5 rings (SSSR count). The molecule has 36 heavy (non-hydrogen) atoms. The van der Waals surface area contributed by atoms with Gasteiger partial charge in [-0.25, -0.2) is 9.97 Å². The maximum absolute atomic E-state index is 13.3. The Morgan fingerprint density at radius 3 is 2.56 bits per heavy atom. The third kappa shape index (κ3) is 4.20. The summed E-state index contributed by atoms with van der Waals surface area (Å²) in [6, 6.07) is 9.03. The summed E-state index contributed by atoms with van der Waals surface area (Å²) >= 11 is 7.39. The fourth-order valence-electron chi connectivity index (χ4n) is 3.77. The predicted molar refractivity (Wildman–Crippen MR) is 131 cm³/mol. The summed E-state index contributed by atoms with van der Waals surface area (Å²) < 4.78 is 40.5. The molecule has 0 spiro atoms. The number of hydrogen-bond donors (Lipinski definition) is 1. The lowest BCUT2D eigenvalue weighted by molar-refractivity contribution is -0.137. The minimum absolute atomic E-state index is 0.00785. The van der Waals surface area contributed by atoms with E-state index < -0.39 is 29.2 Å². The van der Waals surface area contributed by atoms with Crippen molar-refractivity contribution in [1.29, 1.82) is 0 Å². The van der Waals surface area contributed by atoms with Gasteiger partial charge in [-0.05, 0) is 43.3 Å². The molecule has 182 valence electrons. The number of nitrogens with one attached hydrogen (secondary N) is 1. The summed E-state index contributed by atoms with van der Waals surface area (Å²) in [5.41, 5.74) is -0.322. The molecule has 5 aromatic rings. The van der Waals surface area contributed by atoms with Crippen molar-refractivity contribution < 1.29 is 18.0 Å². The molecule has 0 saturated heterocycles. The van der Waals surface area contributed by atoms with Crippen molar-refractivity contribution in [1.82, 2.24) is 24.8 Å². The number of carbonyl (C=O) groups is 1. The largest absolute Gasteiger partial charge is 0.416 e. The highest BCUT2D eigenvalue weighted by molar-refractivity contribution is 7.16. The number of nitrogens with zero attached hydrogens (tertiary/aromatic N) is 4. The van der Waals surface area contributed by atoms with Gasteiger partial charge in [0.1, 0.15) is 15.5 Å². The maximum Gasteiger partial charge on any atom is 0.416 e. The zero-order chi connectivity index (χ0) is 25.6. The van der Waals surface area contributed by atoms with Crippen LogP contribution >= 0.6 is 22.9 Å². The number of hydrogen-bond acceptors (Lipinski definition) is 6. The molecule has 0 aliphatic heterocycles. The normalized spacial score (nSPS) is 12.7. The van der Waals surface area contributed by atoms with E-state index >= 15 is 0 Å². The van der Waals surface area contributed by atoms with Gasteiger partial charge < -0.3 is 5.32 Å². The lowest BCUT2D eigenvalue weighted by Gasteiger charge is -2.14. The second-order valence-corrected chi connectivity index (χ2v) is 9.34. The topological polar surface area (TPSA) is 89.8 Å². The van der Waals surface area contributed by atoms with Crippen LogP contribution in [0.3, 0.4) is 0 Å². The minimum atomic E-state index is -4.53. The first kappa shape index (κ1) is 23.9. The van der Waals surface area contributed by atoms with Crippen LogP contribution in [0, 0.1) is 0 Å². The summed E-state index contributed by atoms with van der Waals surface area (Å²) in [7, 11) is 0. The Hall–Kier alpha value is -3.83. The number of carbonyl (C=O) groups excluding carboxylic acids is 1. The molecule has 4 aromatic heterocycles. The Morgan fingerprint density at radius 1 is 1.14 bits per heavy atom. The number of aromatic nitrogens is 4. The van der Waals surface area contributed by atoms with Crippen LogP contribution < -0.4 is 10.9 Å². The quantitative estimate of drug-likeness (QED) is 0.329. The van der Waals surface area contributed by atoms with Gasteiger partial charge in [0.15, 0.2) is 5.65 Å². The van der Waals surface area contributed by atoms with E-state index in [1.54, 1.807) is 36.7 Å². The summed E-state index contributed by atoms with van der Waals surface area (Å²) in [5.74, 6) is -0.510. The average molecular weight is 530 g/mol. The Labute approximate surface area is 210 Å². The molecule has 12 heteroatoms. The third-order valence-corrected chi connectivity index (χ3v) is 6.77. The lowest BCUT2D eigenvalue weighted by atomic mass is 10.1. The van der Waals surface area contributed by atoms with Crippen molar-refractivity contribution in [3.8, 4) is 5.69 Å². The van der Waals surface area contributed by atoms with Crippen molar-refractivity contribution >= 4 is 50.8 Å². The Kier molecular flexibility index (Phi) is 5.97. The van der Waals surface area contributed by atoms with Gasteiger partial charge in [-0.15, -0.1) is 11.3 Å². The smallest absolute Gasteiger partial charge is 0.343 e. The third-order valence-electron chi connectivity index (χ3n) is 5.55. The monoisotopic (exact) mass is 529 g/mol. The van der Waals surface area contributed by atoms with Gasteiger partial charge in [0.2, 0.25) is 0 Å². The molecule has 0 radical (unpaired) electrons. The first-order chi connectivity index (χ1) is 17.1. The van der Waals surface area contributed by atoms with E-state index in [9.17, 15) is 22.8 Å². The SMILES string of the molecule is C[C@H](NC(=O)c1cnc2c(n1)c1csc(Cl)c1c(=O)n2-c1ccc(C(F)(F)F)cc1)c1ccccn1. The van der Waals surface area contributed by atoms with Crippen LogP contribution in [0.15, 0.2) is 65.0 Å². The Morgan fingerprint density at radius 2 is 1.89 bits per heavy atom. The molecule has 0 unspecified atom stereocenters. The van der Waals surface area contributed by atoms with Gasteiger partial charge in [-0.3, -0.25) is 19.1 Å². The van der Waals surface area contributed by atoms with Crippen molar-refractivity contribution in [3.05, 3.63) is 91.9 Å². The molecule has 4 heterocycles. The number of pyridine rings is 2. The molecule has 0 aliphatic rings. The van der Waals surface area contributed by atoms with E-state index in [0.717, 1.165) is 28.0 Å². The zero-order valence-electron chi connectivity index (χ0n) is 18.4. The molecule has 0 fully saturated rings. The Bertz CT molecular complexity index is 1670. The van der Waals surface area contributed by atoms with E-state index in [0.29, 0.717) is 11.1 Å². The number of halogens is 4. The van der Waals surface area contributed by atoms with E-state index in [-0.39, 0.29) is 32.3 Å². The van der Waals surface area contributed by atoms with E-state index in [4.69, 9.17) is 11.6 Å². The first-order valence-corrected chi connectivity index (χ1v) is 11.8. The van der Waals surface area contributed by atoms with E-state index in [1.165, 1.54) is 18.3 Å². The summed E-state index contributed by atoms with van der Waals surface area (Å²) in [6.07, 6.45) is -1.70. The number of amides is 1. The van der Waals surface area contributed by atoms with Crippen LogP contribution in [-0.2, 0) is 6.18 Å². The van der Waals surface area contributed by atoms with Crippen molar-refractivity contribution in [2.24, 2.45) is 0 Å². The first-order valence-electron chi connectivity index (χ1n) is 10.5. The van der Waals surface area contributed by atoms with Crippen molar-refractivity contribution in [3.63, 3.8) is 0 Å². The van der Waals surface area contributed by atoms with Gasteiger partial charge in [-0.2, -0.15) is 13.2 Å². The van der Waals surface area contributed by atoms with E-state index in [2.05, 4.69) is 20.3 Å². The van der Waals surface area contributed by atoms with Crippen LogP contribution in [-0.4, -0.2) is 25.4 Å². The zero-order valence-corrected chi connectivity index (χ0v) is 19.9.